The number of rotatable bonds is 4. The van der Waals surface area contributed by atoms with Gasteiger partial charge in [0, 0.05) is 38.8 Å². The molecular formula is C21H22N6O4. The van der Waals surface area contributed by atoms with E-state index in [1.807, 2.05) is 12.3 Å². The minimum Gasteiger partial charge on any atom is -0.338 e. The highest BCUT2D eigenvalue weighted by Gasteiger charge is 2.45. The summed E-state index contributed by atoms with van der Waals surface area (Å²) in [6.45, 7) is 2.38. The topological polar surface area (TPSA) is 131 Å². The molecule has 10 heteroatoms. The third kappa shape index (κ3) is 3.10. The van der Waals surface area contributed by atoms with Crippen LogP contribution in [0.3, 0.4) is 0 Å². The summed E-state index contributed by atoms with van der Waals surface area (Å²) in [5.41, 5.74) is 7.85. The van der Waals surface area contributed by atoms with E-state index in [4.69, 9.17) is 5.73 Å². The zero-order chi connectivity index (χ0) is 21.7. The summed E-state index contributed by atoms with van der Waals surface area (Å²) in [6, 6.07) is 4.20. The highest BCUT2D eigenvalue weighted by Crippen LogP contribution is 2.32. The summed E-state index contributed by atoms with van der Waals surface area (Å²) in [5, 5.41) is 2.22. The number of benzene rings is 1. The van der Waals surface area contributed by atoms with Crippen LogP contribution in [-0.4, -0.2) is 50.7 Å². The lowest BCUT2D eigenvalue weighted by atomic mass is 10.0. The Morgan fingerprint density at radius 3 is 2.74 bits per heavy atom. The van der Waals surface area contributed by atoms with Gasteiger partial charge in [-0.3, -0.25) is 29.4 Å². The van der Waals surface area contributed by atoms with Crippen LogP contribution in [0.15, 0.2) is 24.4 Å². The van der Waals surface area contributed by atoms with E-state index in [0.29, 0.717) is 24.2 Å². The van der Waals surface area contributed by atoms with Crippen molar-refractivity contribution in [1.82, 2.24) is 19.8 Å². The average molecular weight is 422 g/mol. The summed E-state index contributed by atoms with van der Waals surface area (Å²) < 4.78 is 2.05. The maximum absolute atomic E-state index is 13.3. The maximum Gasteiger partial charge on any atom is 0.262 e. The Labute approximate surface area is 178 Å². The lowest BCUT2D eigenvalue weighted by molar-refractivity contribution is -0.136. The SMILES string of the molecule is NCc1cn2c(n1)N(Cc1cccc3c1C(=O)N(C1CCC(=O)NC1=O)C3=O)CCC2. The maximum atomic E-state index is 13.3. The van der Waals surface area contributed by atoms with Gasteiger partial charge >= 0.3 is 0 Å². The van der Waals surface area contributed by atoms with Crippen LogP contribution >= 0.6 is 0 Å². The Bertz CT molecular complexity index is 1120. The normalized spacial score (nSPS) is 20.7. The number of aryl methyl sites for hydroxylation is 1. The Morgan fingerprint density at radius 1 is 1.13 bits per heavy atom. The third-order valence-corrected chi connectivity index (χ3v) is 6.04. The zero-order valence-electron chi connectivity index (χ0n) is 16.8. The molecule has 10 nitrogen and oxygen atoms in total. The van der Waals surface area contributed by atoms with Crippen LogP contribution in [0.5, 0.6) is 0 Å². The van der Waals surface area contributed by atoms with Gasteiger partial charge in [0.15, 0.2) is 0 Å². The fourth-order valence-corrected chi connectivity index (χ4v) is 4.58. The van der Waals surface area contributed by atoms with Crippen molar-refractivity contribution in [3.05, 3.63) is 46.8 Å². The highest BCUT2D eigenvalue weighted by atomic mass is 16.2. The quantitative estimate of drug-likeness (QED) is 0.671. The molecule has 5 rings (SSSR count). The fourth-order valence-electron chi connectivity index (χ4n) is 4.58. The number of nitrogens with two attached hydrogens (primary N) is 1. The predicted octanol–water partition coefficient (Wildman–Crippen LogP) is 0.153. The molecule has 1 unspecified atom stereocenters. The number of carbonyl (C=O) groups excluding carboxylic acids is 4. The Kier molecular flexibility index (Phi) is 4.58. The van der Waals surface area contributed by atoms with Crippen molar-refractivity contribution in [3.63, 3.8) is 0 Å². The minimum atomic E-state index is -0.973. The fraction of sp³-hybridized carbons (Fsp3) is 0.381. The molecule has 1 saturated heterocycles. The number of imidazole rings is 1. The number of piperidine rings is 1. The van der Waals surface area contributed by atoms with E-state index >= 15 is 0 Å². The zero-order valence-corrected chi connectivity index (χ0v) is 16.8. The van der Waals surface area contributed by atoms with Gasteiger partial charge in [-0.25, -0.2) is 4.98 Å². The predicted molar refractivity (Wildman–Crippen MR) is 109 cm³/mol. The van der Waals surface area contributed by atoms with E-state index < -0.39 is 29.7 Å². The molecule has 4 heterocycles. The molecule has 3 N–H and O–H groups in total. The molecule has 0 bridgehead atoms. The van der Waals surface area contributed by atoms with Crippen LogP contribution in [-0.2, 0) is 29.2 Å². The Hall–Kier alpha value is -3.53. The summed E-state index contributed by atoms with van der Waals surface area (Å²) in [6.07, 6.45) is 3.10. The van der Waals surface area contributed by atoms with Crippen molar-refractivity contribution >= 4 is 29.6 Å². The van der Waals surface area contributed by atoms with Gasteiger partial charge in [-0.05, 0) is 24.5 Å². The molecular weight excluding hydrogens is 400 g/mol. The molecule has 0 spiro atoms. The number of nitrogens with zero attached hydrogens (tertiary/aromatic N) is 4. The van der Waals surface area contributed by atoms with Gasteiger partial charge in [-0.15, -0.1) is 0 Å². The van der Waals surface area contributed by atoms with Crippen LogP contribution in [0.2, 0.25) is 0 Å². The number of amides is 4. The number of fused-ring (bicyclic) bond motifs is 2. The average Bonchev–Trinajstić information content (AvgIpc) is 3.29. The molecule has 0 aliphatic carbocycles. The lowest BCUT2D eigenvalue weighted by Crippen LogP contribution is -2.54. The first-order valence-corrected chi connectivity index (χ1v) is 10.3. The molecule has 0 saturated carbocycles. The summed E-state index contributed by atoms with van der Waals surface area (Å²) >= 11 is 0. The molecule has 1 fully saturated rings. The van der Waals surface area contributed by atoms with Gasteiger partial charge in [-0.2, -0.15) is 0 Å². The standard InChI is InChI=1S/C21H22N6O4/c22-9-13-11-26-8-2-7-25(21(26)23-13)10-12-3-1-4-14-17(12)20(31)27(19(14)30)15-5-6-16(28)24-18(15)29/h1,3-4,11,15H,2,5-10,22H2,(H,24,28,29). The molecule has 160 valence electrons. The molecule has 3 aliphatic heterocycles. The highest BCUT2D eigenvalue weighted by molar-refractivity contribution is 6.24. The van der Waals surface area contributed by atoms with Crippen molar-refractivity contribution in [2.24, 2.45) is 5.73 Å². The summed E-state index contributed by atoms with van der Waals surface area (Å²) in [5.74, 6) is -1.20. The third-order valence-electron chi connectivity index (χ3n) is 6.04. The molecule has 3 aliphatic rings. The monoisotopic (exact) mass is 422 g/mol. The van der Waals surface area contributed by atoms with Gasteiger partial charge < -0.3 is 15.2 Å². The molecule has 1 atom stereocenters. The Morgan fingerprint density at radius 2 is 1.97 bits per heavy atom. The first-order chi connectivity index (χ1) is 15.0. The van der Waals surface area contributed by atoms with Crippen LogP contribution in [0.1, 0.15) is 51.2 Å². The summed E-state index contributed by atoms with van der Waals surface area (Å²) in [4.78, 5) is 57.7. The van der Waals surface area contributed by atoms with Crippen molar-refractivity contribution in [2.75, 3.05) is 11.4 Å². The number of aromatic nitrogens is 2. The van der Waals surface area contributed by atoms with E-state index in [2.05, 4.69) is 19.8 Å². The number of carbonyl (C=O) groups is 4. The largest absolute Gasteiger partial charge is 0.338 e. The molecule has 31 heavy (non-hydrogen) atoms. The van der Waals surface area contributed by atoms with Crippen LogP contribution in [0.4, 0.5) is 5.95 Å². The first kappa shape index (κ1) is 19.4. The lowest BCUT2D eigenvalue weighted by Gasteiger charge is -2.29. The number of hydrogen-bond donors (Lipinski definition) is 2. The molecule has 4 amide bonds. The van der Waals surface area contributed by atoms with Crippen LogP contribution in [0, 0.1) is 0 Å². The van der Waals surface area contributed by atoms with Crippen molar-refractivity contribution in [3.8, 4) is 0 Å². The molecule has 0 radical (unpaired) electrons. The second kappa shape index (κ2) is 7.31. The van der Waals surface area contributed by atoms with Gasteiger partial charge in [0.2, 0.25) is 17.8 Å². The molecule has 2 aromatic rings. The van der Waals surface area contributed by atoms with Crippen LogP contribution < -0.4 is 16.0 Å². The van der Waals surface area contributed by atoms with Gasteiger partial charge in [0.1, 0.15) is 6.04 Å². The van der Waals surface area contributed by atoms with Crippen molar-refractivity contribution in [2.45, 2.75) is 44.9 Å². The van der Waals surface area contributed by atoms with Crippen molar-refractivity contribution < 1.29 is 19.2 Å². The van der Waals surface area contributed by atoms with E-state index in [-0.39, 0.29) is 18.4 Å². The number of nitrogens with one attached hydrogen (secondary N) is 1. The van der Waals surface area contributed by atoms with E-state index in [9.17, 15) is 19.2 Å². The van der Waals surface area contributed by atoms with Crippen molar-refractivity contribution in [1.29, 1.82) is 0 Å². The number of imide groups is 2. The smallest absolute Gasteiger partial charge is 0.262 e. The summed E-state index contributed by atoms with van der Waals surface area (Å²) in [7, 11) is 0. The minimum absolute atomic E-state index is 0.0938. The van der Waals surface area contributed by atoms with Gasteiger partial charge in [0.25, 0.3) is 11.8 Å². The van der Waals surface area contributed by atoms with Gasteiger partial charge in [-0.1, -0.05) is 12.1 Å². The van der Waals surface area contributed by atoms with E-state index in [1.165, 1.54) is 0 Å². The van der Waals surface area contributed by atoms with Gasteiger partial charge in [0.05, 0.1) is 16.8 Å². The van der Waals surface area contributed by atoms with Crippen LogP contribution in [0.25, 0.3) is 0 Å². The number of anilines is 1. The Balaban J connectivity index is 1.46. The second-order valence-electron chi connectivity index (χ2n) is 7.99. The van der Waals surface area contributed by atoms with E-state index in [1.54, 1.807) is 12.1 Å². The second-order valence-corrected chi connectivity index (χ2v) is 7.99. The molecule has 1 aromatic heterocycles. The first-order valence-electron chi connectivity index (χ1n) is 10.3. The molecule has 1 aromatic carbocycles. The van der Waals surface area contributed by atoms with E-state index in [0.717, 1.165) is 36.1 Å². The number of hydrogen-bond acceptors (Lipinski definition) is 7.